The van der Waals surface area contributed by atoms with Crippen molar-refractivity contribution in [2.45, 2.75) is 0 Å². The minimum absolute atomic E-state index is 0.00274. The molecule has 0 heterocycles. The summed E-state index contributed by atoms with van der Waals surface area (Å²) in [6.07, 6.45) is 1.02. The van der Waals surface area contributed by atoms with Crippen molar-refractivity contribution in [3.8, 4) is 0 Å². The Kier molecular flexibility index (Phi) is 5.40. The molecule has 1 aromatic carbocycles. The summed E-state index contributed by atoms with van der Waals surface area (Å²) in [5.41, 5.74) is 0.142. The maximum Gasteiger partial charge on any atom is 0.339 e. The topological polar surface area (TPSA) is 72.5 Å². The Morgan fingerprint density at radius 3 is 2.67 bits per heavy atom. The van der Waals surface area contributed by atoms with Crippen LogP contribution in [0.4, 0.5) is 0 Å². The van der Waals surface area contributed by atoms with Crippen LogP contribution in [-0.2, 0) is 14.8 Å². The lowest BCUT2D eigenvalue weighted by Crippen LogP contribution is -2.27. The molecule has 0 aliphatic rings. The van der Waals surface area contributed by atoms with Crippen LogP contribution in [-0.4, -0.2) is 33.8 Å². The molecule has 0 atom stereocenters. The van der Waals surface area contributed by atoms with Crippen molar-refractivity contribution in [2.75, 3.05) is 19.4 Å². The van der Waals surface area contributed by atoms with Gasteiger partial charge in [0.15, 0.2) is 0 Å². The number of hydrogen-bond acceptors (Lipinski definition) is 4. The van der Waals surface area contributed by atoms with Crippen molar-refractivity contribution in [3.63, 3.8) is 0 Å². The second-order valence-corrected chi connectivity index (χ2v) is 6.10. The average Bonchev–Trinajstić information content (AvgIpc) is 2.26. The van der Waals surface area contributed by atoms with Gasteiger partial charge in [-0.05, 0) is 18.2 Å². The van der Waals surface area contributed by atoms with Crippen LogP contribution in [0.3, 0.4) is 0 Å². The first-order valence-corrected chi connectivity index (χ1v) is 7.51. The van der Waals surface area contributed by atoms with E-state index in [1.54, 1.807) is 6.07 Å². The second kappa shape index (κ2) is 6.38. The van der Waals surface area contributed by atoms with Gasteiger partial charge in [0.2, 0.25) is 10.0 Å². The van der Waals surface area contributed by atoms with E-state index in [9.17, 15) is 13.2 Å². The lowest BCUT2D eigenvalue weighted by molar-refractivity contribution is 0.0513. The highest BCUT2D eigenvalue weighted by Gasteiger charge is 2.12. The molecule has 18 heavy (non-hydrogen) atoms. The first-order chi connectivity index (χ1) is 8.29. The summed E-state index contributed by atoms with van der Waals surface area (Å²) in [5, 5.41) is 0.584. The molecule has 100 valence electrons. The lowest BCUT2D eigenvalue weighted by atomic mass is 10.2. The Labute approximate surface area is 115 Å². The minimum atomic E-state index is -3.29. The molecule has 0 aliphatic heterocycles. The number of esters is 1. The highest BCUT2D eigenvalue weighted by molar-refractivity contribution is 7.88. The van der Waals surface area contributed by atoms with E-state index >= 15 is 0 Å². The monoisotopic (exact) mass is 311 g/mol. The summed E-state index contributed by atoms with van der Waals surface area (Å²) in [7, 11) is -3.29. The number of hydrogen-bond donors (Lipinski definition) is 1. The molecule has 0 saturated heterocycles. The van der Waals surface area contributed by atoms with Gasteiger partial charge in [-0.1, -0.05) is 23.2 Å². The fourth-order valence-corrected chi connectivity index (χ4v) is 1.92. The Hall–Kier alpha value is -0.820. The number of halogens is 2. The third-order valence-electron chi connectivity index (χ3n) is 1.85. The van der Waals surface area contributed by atoms with E-state index < -0.39 is 16.0 Å². The van der Waals surface area contributed by atoms with Crippen LogP contribution in [0.15, 0.2) is 18.2 Å². The zero-order valence-electron chi connectivity index (χ0n) is 9.44. The fraction of sp³-hybridized carbons (Fsp3) is 0.300. The molecule has 1 rings (SSSR count). The number of carbonyl (C=O) groups is 1. The van der Waals surface area contributed by atoms with Crippen LogP contribution in [0.1, 0.15) is 10.4 Å². The maximum atomic E-state index is 11.6. The first kappa shape index (κ1) is 15.2. The molecule has 1 aromatic rings. The molecule has 1 N–H and O–H groups in total. The van der Waals surface area contributed by atoms with E-state index in [1.165, 1.54) is 12.1 Å². The molecular formula is C10H11Cl2NO4S. The molecular weight excluding hydrogens is 301 g/mol. The van der Waals surface area contributed by atoms with Gasteiger partial charge in [-0.3, -0.25) is 0 Å². The van der Waals surface area contributed by atoms with E-state index in [-0.39, 0.29) is 23.7 Å². The van der Waals surface area contributed by atoms with Crippen LogP contribution in [0.5, 0.6) is 0 Å². The largest absolute Gasteiger partial charge is 0.461 e. The number of sulfonamides is 1. The van der Waals surface area contributed by atoms with Gasteiger partial charge in [-0.2, -0.15) is 0 Å². The predicted molar refractivity (Wildman–Crippen MR) is 69.6 cm³/mol. The first-order valence-electron chi connectivity index (χ1n) is 4.86. The van der Waals surface area contributed by atoms with Crippen LogP contribution in [0.25, 0.3) is 0 Å². The van der Waals surface area contributed by atoms with Crippen molar-refractivity contribution in [2.24, 2.45) is 0 Å². The van der Waals surface area contributed by atoms with Gasteiger partial charge < -0.3 is 4.74 Å². The third kappa shape index (κ3) is 5.22. The minimum Gasteiger partial charge on any atom is -0.461 e. The Morgan fingerprint density at radius 1 is 1.39 bits per heavy atom. The van der Waals surface area contributed by atoms with Crippen molar-refractivity contribution < 1.29 is 17.9 Å². The lowest BCUT2D eigenvalue weighted by Gasteiger charge is -2.06. The van der Waals surface area contributed by atoms with Crippen LogP contribution < -0.4 is 4.72 Å². The number of ether oxygens (including phenoxy) is 1. The van der Waals surface area contributed by atoms with Crippen molar-refractivity contribution in [1.29, 1.82) is 0 Å². The number of benzene rings is 1. The van der Waals surface area contributed by atoms with Crippen LogP contribution in [0.2, 0.25) is 10.0 Å². The molecule has 0 fully saturated rings. The summed E-state index contributed by atoms with van der Waals surface area (Å²) in [6, 6.07) is 4.41. The smallest absolute Gasteiger partial charge is 0.339 e. The highest BCUT2D eigenvalue weighted by Crippen LogP contribution is 2.21. The predicted octanol–water partition coefficient (Wildman–Crippen LogP) is 1.70. The van der Waals surface area contributed by atoms with Gasteiger partial charge >= 0.3 is 5.97 Å². The van der Waals surface area contributed by atoms with Crippen LogP contribution >= 0.6 is 23.2 Å². The molecule has 0 bridgehead atoms. The Bertz CT molecular complexity index is 545. The van der Waals surface area contributed by atoms with E-state index in [0.29, 0.717) is 5.02 Å². The zero-order valence-corrected chi connectivity index (χ0v) is 11.8. The fourth-order valence-electron chi connectivity index (χ4n) is 1.10. The summed E-state index contributed by atoms with van der Waals surface area (Å²) < 4.78 is 28.6. The average molecular weight is 312 g/mol. The van der Waals surface area contributed by atoms with Gasteiger partial charge in [-0.15, -0.1) is 0 Å². The summed E-state index contributed by atoms with van der Waals surface area (Å²) >= 11 is 11.5. The van der Waals surface area contributed by atoms with E-state index in [4.69, 9.17) is 27.9 Å². The van der Waals surface area contributed by atoms with Crippen molar-refractivity contribution in [3.05, 3.63) is 33.8 Å². The number of carbonyl (C=O) groups excluding carboxylic acids is 1. The second-order valence-electron chi connectivity index (χ2n) is 3.43. The van der Waals surface area contributed by atoms with E-state index in [0.717, 1.165) is 6.26 Å². The Balaban J connectivity index is 2.53. The molecule has 0 saturated carbocycles. The molecule has 0 radical (unpaired) electrons. The van der Waals surface area contributed by atoms with Gasteiger partial charge in [0.25, 0.3) is 0 Å². The highest BCUT2D eigenvalue weighted by atomic mass is 35.5. The molecule has 0 aliphatic carbocycles. The van der Waals surface area contributed by atoms with Gasteiger partial charge in [0.05, 0.1) is 16.8 Å². The summed E-state index contributed by atoms with van der Waals surface area (Å²) in [5.74, 6) is -0.655. The third-order valence-corrected chi connectivity index (χ3v) is 3.14. The van der Waals surface area contributed by atoms with E-state index in [2.05, 4.69) is 4.72 Å². The zero-order chi connectivity index (χ0) is 13.8. The molecule has 0 unspecified atom stereocenters. The maximum absolute atomic E-state index is 11.6. The van der Waals surface area contributed by atoms with Crippen molar-refractivity contribution in [1.82, 2.24) is 4.72 Å². The molecule has 5 nitrogen and oxygen atoms in total. The number of rotatable bonds is 5. The normalized spacial score (nSPS) is 11.3. The SMILES string of the molecule is CS(=O)(=O)NCCOC(=O)c1cc(Cl)ccc1Cl. The number of nitrogens with one attached hydrogen (secondary N) is 1. The summed E-state index contributed by atoms with van der Waals surface area (Å²) in [4.78, 5) is 11.6. The van der Waals surface area contributed by atoms with Gasteiger partial charge in [0, 0.05) is 11.6 Å². The summed E-state index contributed by atoms with van der Waals surface area (Å²) in [6.45, 7) is -0.0858. The molecule has 0 aromatic heterocycles. The van der Waals surface area contributed by atoms with Crippen LogP contribution in [0, 0.1) is 0 Å². The van der Waals surface area contributed by atoms with Crippen molar-refractivity contribution >= 4 is 39.2 Å². The van der Waals surface area contributed by atoms with Gasteiger partial charge in [0.1, 0.15) is 6.61 Å². The van der Waals surface area contributed by atoms with Gasteiger partial charge in [-0.25, -0.2) is 17.9 Å². The Morgan fingerprint density at radius 2 is 2.06 bits per heavy atom. The molecule has 0 amide bonds. The molecule has 0 spiro atoms. The van der Waals surface area contributed by atoms with E-state index in [1.807, 2.05) is 0 Å². The quantitative estimate of drug-likeness (QED) is 0.663. The molecule has 8 heteroatoms. The standard InChI is InChI=1S/C10H11Cl2NO4S/c1-18(15,16)13-4-5-17-10(14)8-6-7(11)2-3-9(8)12/h2-3,6,13H,4-5H2,1H3.